The molecule has 0 saturated heterocycles. The zero-order chi connectivity index (χ0) is 46.2. The first kappa shape index (κ1) is 115. The van der Waals surface area contributed by atoms with Gasteiger partial charge in [-0.25, -0.2) is 0 Å². The molecule has 0 saturated carbocycles. The summed E-state index contributed by atoms with van der Waals surface area (Å²) in [6.45, 7) is 0. The second kappa shape index (κ2) is 69.9. The van der Waals surface area contributed by atoms with Gasteiger partial charge in [-0.15, -0.1) is 0 Å². The molecule has 74 heavy (non-hydrogen) atoms. The predicted molar refractivity (Wildman–Crippen MR) is 247 cm³/mol. The average Bonchev–Trinajstić information content (AvgIpc) is 3.17. The molecule has 4 aromatic rings. The number of methoxy groups -OCH3 is 4. The van der Waals surface area contributed by atoms with Crippen molar-refractivity contribution in [2.45, 2.75) is 0 Å². The fourth-order valence-electron chi connectivity index (χ4n) is 3.56. The number of para-hydroxylation sites is 4. The van der Waals surface area contributed by atoms with Gasteiger partial charge >= 0.3 is 0 Å². The molecule has 0 spiro atoms. The molecule has 26 nitrogen and oxygen atoms in total. The molecular weight excluding hydrogens is 1400 g/mol. The van der Waals surface area contributed by atoms with Crippen LogP contribution < -0.4 is 39.4 Å². The van der Waals surface area contributed by atoms with E-state index in [4.69, 9.17) is 18.9 Å². The number of rotatable bonds is 10. The van der Waals surface area contributed by atoms with Crippen molar-refractivity contribution in [1.29, 1.82) is 0 Å². The first-order valence-corrected chi connectivity index (χ1v) is 24.6. The Morgan fingerprint density at radius 1 is 0.324 bits per heavy atom. The van der Waals surface area contributed by atoms with Gasteiger partial charge in [-0.3, -0.25) is 16.8 Å². The summed E-state index contributed by atoms with van der Waals surface area (Å²) in [6.07, 6.45) is 18.4. The monoisotopic (exact) mass is 1460 g/mol. The molecule has 34 heteroatoms. The Labute approximate surface area is 498 Å². The third kappa shape index (κ3) is 56.6. The maximum Gasteiger partial charge on any atom is 0.111 e. The van der Waals surface area contributed by atoms with Crippen LogP contribution in [-0.4, -0.2) is 120 Å². The van der Waals surface area contributed by atoms with Crippen LogP contribution in [-0.2, 0) is 182 Å². The fourth-order valence-corrected chi connectivity index (χ4v) is 3.56. The molecule has 0 atom stereocenters. The van der Waals surface area contributed by atoms with Gasteiger partial charge in [0, 0.05) is 178 Å². The summed E-state index contributed by atoms with van der Waals surface area (Å²) < 4.78 is 58.0. The summed E-state index contributed by atoms with van der Waals surface area (Å²) >= 11 is 0. The summed E-state index contributed by atoms with van der Waals surface area (Å²) in [5.74, 6) is -0.121. The summed E-state index contributed by atoms with van der Waals surface area (Å²) in [4.78, 5) is 0. The van der Waals surface area contributed by atoms with Crippen LogP contribution in [0.1, 0.15) is 22.3 Å². The van der Waals surface area contributed by atoms with Crippen molar-refractivity contribution in [3.8, 4) is 46.0 Å². The molecule has 0 unspecified atom stereocenters. The summed E-state index contributed by atoms with van der Waals surface area (Å²) in [6, 6.07) is 19.4. The molecule has 0 aromatic heterocycles. The van der Waals surface area contributed by atoms with Crippen molar-refractivity contribution >= 4 is 68.1 Å². The zero-order valence-corrected chi connectivity index (χ0v) is 52.6. The second-order valence-electron chi connectivity index (χ2n) is 11.5. The average molecular weight is 1450 g/mol. The Hall–Kier alpha value is -3.09. The summed E-state index contributed by atoms with van der Waals surface area (Å²) in [5, 5.41) is 62.6. The van der Waals surface area contributed by atoms with Crippen molar-refractivity contribution in [2.75, 3.05) is 78.5 Å². The molecule has 0 aliphatic heterocycles. The van der Waals surface area contributed by atoms with Crippen molar-refractivity contribution < 1.29 is 195 Å². The van der Waals surface area contributed by atoms with Crippen LogP contribution in [0.5, 0.6) is 46.0 Å². The van der Waals surface area contributed by atoms with Crippen LogP contribution in [0.4, 0.5) is 0 Å². The van der Waals surface area contributed by atoms with Crippen LogP contribution in [0, 0.1) is 0 Å². The molecule has 4 aromatic carbocycles. The second-order valence-corrected chi connectivity index (χ2v) is 17.4. The molecular formula is C40H52Mo4N4O22S4-24. The Morgan fingerprint density at radius 2 is 0.446 bits per heavy atom. The van der Waals surface area contributed by atoms with E-state index in [0.717, 1.165) is 0 Å². The molecule has 0 N–H and O–H groups in total. The van der Waals surface area contributed by atoms with E-state index in [-0.39, 0.29) is 185 Å². The Bertz CT molecular complexity index is 1830. The minimum Gasteiger partial charge on any atom is -2.00 e. The predicted octanol–water partition coefficient (Wildman–Crippen LogP) is 1.39. The van der Waals surface area contributed by atoms with E-state index in [2.05, 4.69) is 20.4 Å². The van der Waals surface area contributed by atoms with Crippen LogP contribution in [0.15, 0.2) is 93.2 Å². The number of benzene rings is 4. The van der Waals surface area contributed by atoms with Gasteiger partial charge in [0.1, 0.15) is 23.0 Å². The number of nitrogens with zero attached hydrogens (tertiary/aromatic N) is 4. The summed E-state index contributed by atoms with van der Waals surface area (Å²) in [7, 11) is 3.26. The molecule has 0 heterocycles. The first-order valence-electron chi connectivity index (χ1n) is 16.8. The number of ether oxygens (including phenoxy) is 4. The van der Waals surface area contributed by atoms with Crippen molar-refractivity contribution in [3.05, 3.63) is 95.1 Å². The third-order valence-corrected chi connectivity index (χ3v) is 5.84. The minimum atomic E-state index is -0.611. The maximum absolute atomic E-state index is 11.9. The largest absolute Gasteiger partial charge is 2.00 e. The first-order chi connectivity index (χ1) is 28.3. The van der Waals surface area contributed by atoms with Crippen LogP contribution in [0.25, 0.3) is 0 Å². The number of hydrogen-bond donors (Lipinski definition) is 0. The minimum absolute atomic E-state index is 0. The Morgan fingerprint density at radius 3 is 0.554 bits per heavy atom. The van der Waals surface area contributed by atoms with Crippen molar-refractivity contribution in [2.24, 2.45) is 20.4 Å². The Kier molecular flexibility index (Phi) is 109. The van der Waals surface area contributed by atoms with E-state index < -0.39 is 43.2 Å². The molecule has 436 valence electrons. The molecule has 0 bridgehead atoms. The smallest absolute Gasteiger partial charge is 0.111 e. The van der Waals surface area contributed by atoms with E-state index in [1.54, 1.807) is 123 Å². The van der Waals surface area contributed by atoms with Gasteiger partial charge in [-0.1, -0.05) is 71.5 Å². The summed E-state index contributed by atoms with van der Waals surface area (Å²) in [5.41, 5.74) is 1.41. The van der Waals surface area contributed by atoms with Gasteiger partial charge in [0.15, 0.2) is 0 Å². The molecule has 0 radical (unpaired) electrons. The van der Waals surface area contributed by atoms with Crippen LogP contribution in [0.2, 0.25) is 0 Å². The quantitative estimate of drug-likeness (QED) is 0.124. The van der Waals surface area contributed by atoms with Gasteiger partial charge in [0.2, 0.25) is 0 Å². The topological polar surface area (TPSA) is 532 Å². The standard InChI is InChI=1S/2C16H16N2O4.4C2H6OS.4Mo.10O/c2*1-21-13-7-3-5-11(15(13)19)9-17-18-10-12-6-4-8-14(22-2)16(12)20;4*1-4(2)3;;;;;;;;;;;;;;/h2*3-10,19-20H,1-2H3;4*1-2H3;;;;;;;;;;;;;;/q;;;;;;;;;;10*-2/p-4/b2*17-9+,18-10+;;;;;;;;;;;;;;;;;;. The fraction of sp³-hybridized carbons (Fsp3) is 0.300. The number of hydrogen-bond acceptors (Lipinski definition) is 16. The van der Waals surface area contributed by atoms with E-state index in [0.29, 0.717) is 22.3 Å². The van der Waals surface area contributed by atoms with Gasteiger partial charge in [0.05, 0.1) is 53.3 Å². The molecule has 0 aliphatic rings. The van der Waals surface area contributed by atoms with Crippen molar-refractivity contribution in [3.63, 3.8) is 0 Å². The zero-order valence-electron chi connectivity index (χ0n) is 41.3. The molecule has 0 aliphatic carbocycles. The van der Waals surface area contributed by atoms with E-state index in [1.807, 2.05) is 0 Å². The maximum atomic E-state index is 11.9. The van der Waals surface area contributed by atoms with Crippen molar-refractivity contribution in [1.82, 2.24) is 0 Å². The SMILES string of the molecule is COc1cccc(/C=N/N=C/c2cccc(OC)c2[O-])c1[O-].COc1cccc(/C=N/N=C/c2cccc(OC)c2[O-])c1[O-].CS(C)=O.CS(C)=O.CS(C)=O.CS(C)=O.[Mo].[Mo].[Mo].[Mo].[O-2].[O-2].[O-2].[O-2].[O-2].[O-2].[O-2].[O-2].[O-2].[O-2]. The van der Waals surface area contributed by atoms with Crippen LogP contribution in [0.3, 0.4) is 0 Å². The normalized spacial score (nSPS) is 8.54. The van der Waals surface area contributed by atoms with Crippen LogP contribution >= 0.6 is 0 Å². The molecule has 0 fully saturated rings. The Balaban J connectivity index is -0.0000000438. The van der Waals surface area contributed by atoms with E-state index in [1.165, 1.54) is 53.3 Å². The molecule has 4 rings (SSSR count). The van der Waals surface area contributed by atoms with E-state index >= 15 is 0 Å². The van der Waals surface area contributed by atoms with Gasteiger partial charge < -0.3 is 94.1 Å². The van der Waals surface area contributed by atoms with E-state index in [9.17, 15) is 37.3 Å². The van der Waals surface area contributed by atoms with Gasteiger partial charge in [-0.2, -0.15) is 20.4 Å². The van der Waals surface area contributed by atoms with Gasteiger partial charge in [0.25, 0.3) is 0 Å². The molecule has 0 amide bonds. The third-order valence-electron chi connectivity index (χ3n) is 5.84. The van der Waals surface area contributed by atoms with Gasteiger partial charge in [-0.05, 0) is 46.5 Å².